The SMILES string of the molecule is NS(=O)(=O)c1ccnc(C[B-](F)(F)F)c1. The van der Waals surface area contributed by atoms with E-state index in [2.05, 4.69) is 4.98 Å². The zero-order valence-electron chi connectivity index (χ0n) is 7.40. The van der Waals surface area contributed by atoms with Crippen molar-refractivity contribution in [3.63, 3.8) is 0 Å². The minimum Gasteiger partial charge on any atom is -0.449 e. The van der Waals surface area contributed by atoms with Crippen LogP contribution in [0.3, 0.4) is 0 Å². The van der Waals surface area contributed by atoms with Crippen LogP contribution in [0, 0.1) is 0 Å². The Kier molecular flexibility index (Phi) is 3.05. The molecule has 0 aliphatic carbocycles. The average Bonchev–Trinajstić information content (AvgIpc) is 1.99. The second-order valence-corrected chi connectivity index (χ2v) is 4.50. The Morgan fingerprint density at radius 3 is 2.47 bits per heavy atom. The third-order valence-corrected chi connectivity index (χ3v) is 2.47. The number of primary sulfonamides is 1. The first kappa shape index (κ1) is 12.0. The lowest BCUT2D eigenvalue weighted by Gasteiger charge is -2.12. The average molecular weight is 239 g/mol. The van der Waals surface area contributed by atoms with Crippen LogP contribution in [0.4, 0.5) is 12.9 Å². The maximum Gasteiger partial charge on any atom is 0.484 e. The summed E-state index contributed by atoms with van der Waals surface area (Å²) in [5, 5.41) is 4.76. The predicted molar refractivity (Wildman–Crippen MR) is 48.4 cm³/mol. The molecule has 0 unspecified atom stereocenters. The van der Waals surface area contributed by atoms with Crippen LogP contribution >= 0.6 is 0 Å². The number of hydrogen-bond donors (Lipinski definition) is 1. The molecule has 4 nitrogen and oxygen atoms in total. The molecule has 0 spiro atoms. The molecule has 1 aromatic heterocycles. The summed E-state index contributed by atoms with van der Waals surface area (Å²) in [7, 11) is -3.98. The molecule has 0 aromatic carbocycles. The fourth-order valence-corrected chi connectivity index (χ4v) is 1.53. The van der Waals surface area contributed by atoms with E-state index in [1.165, 1.54) is 0 Å². The predicted octanol–water partition coefficient (Wildman–Crippen LogP) is 0.658. The van der Waals surface area contributed by atoms with Gasteiger partial charge in [0.05, 0.1) is 4.90 Å². The van der Waals surface area contributed by atoms with Crippen molar-refractivity contribution in [3.8, 4) is 0 Å². The monoisotopic (exact) mass is 239 g/mol. The van der Waals surface area contributed by atoms with Gasteiger partial charge >= 0.3 is 6.98 Å². The van der Waals surface area contributed by atoms with E-state index in [-0.39, 0.29) is 10.6 Å². The summed E-state index contributed by atoms with van der Waals surface area (Å²) in [4.78, 5) is 3.05. The van der Waals surface area contributed by atoms with E-state index in [0.29, 0.717) is 0 Å². The number of hydrogen-bond acceptors (Lipinski definition) is 3. The summed E-state index contributed by atoms with van der Waals surface area (Å²) in [5.41, 5.74) is -0.353. The van der Waals surface area contributed by atoms with Gasteiger partial charge in [0, 0.05) is 11.9 Å². The van der Waals surface area contributed by atoms with Gasteiger partial charge in [-0.1, -0.05) is 0 Å². The fraction of sp³-hybridized carbons (Fsp3) is 0.167. The lowest BCUT2D eigenvalue weighted by atomic mass is 9.84. The maximum atomic E-state index is 12.0. The lowest BCUT2D eigenvalue weighted by molar-refractivity contribution is 0.467. The van der Waals surface area contributed by atoms with Crippen molar-refractivity contribution in [3.05, 3.63) is 24.0 Å². The van der Waals surface area contributed by atoms with Crippen LogP contribution in [0.2, 0.25) is 0 Å². The van der Waals surface area contributed by atoms with Gasteiger partial charge in [-0.25, -0.2) is 13.6 Å². The standard InChI is InChI=1S/C6H7BF3N2O2S/c8-7(9,10)4-5-3-6(1-2-12-5)15(11,13)14/h1-3H,4H2,(H2,11,13,14)/q-1. The third-order valence-electron chi connectivity index (χ3n) is 1.56. The zero-order valence-corrected chi connectivity index (χ0v) is 8.22. The fourth-order valence-electron chi connectivity index (χ4n) is 0.982. The van der Waals surface area contributed by atoms with Gasteiger partial charge in [0.1, 0.15) is 0 Å². The highest BCUT2D eigenvalue weighted by Crippen LogP contribution is 2.16. The molecule has 0 aliphatic rings. The Morgan fingerprint density at radius 1 is 1.40 bits per heavy atom. The number of sulfonamides is 1. The van der Waals surface area contributed by atoms with Crippen LogP contribution < -0.4 is 5.14 Å². The summed E-state index contributed by atoms with van der Waals surface area (Å²) in [5.74, 6) is 0. The highest BCUT2D eigenvalue weighted by molar-refractivity contribution is 7.89. The van der Waals surface area contributed by atoms with Gasteiger partial charge in [0.15, 0.2) is 0 Å². The lowest BCUT2D eigenvalue weighted by Crippen LogP contribution is -2.21. The van der Waals surface area contributed by atoms with Crippen LogP contribution in [0.1, 0.15) is 5.69 Å². The first-order valence-electron chi connectivity index (χ1n) is 3.87. The molecule has 0 saturated carbocycles. The summed E-state index contributed by atoms with van der Waals surface area (Å²) < 4.78 is 57.7. The normalized spacial score (nSPS) is 12.8. The van der Waals surface area contributed by atoms with Crippen molar-refractivity contribution in [2.24, 2.45) is 5.14 Å². The number of pyridine rings is 1. The Balaban J connectivity index is 3.04. The maximum absolute atomic E-state index is 12.0. The highest BCUT2D eigenvalue weighted by Gasteiger charge is 2.24. The van der Waals surface area contributed by atoms with E-state index < -0.39 is 23.3 Å². The zero-order chi connectivity index (χ0) is 11.7. The van der Waals surface area contributed by atoms with E-state index in [1.807, 2.05) is 0 Å². The van der Waals surface area contributed by atoms with Crippen LogP contribution in [0.25, 0.3) is 0 Å². The van der Waals surface area contributed by atoms with Gasteiger partial charge in [0.25, 0.3) is 0 Å². The van der Waals surface area contributed by atoms with Crippen LogP contribution in [-0.4, -0.2) is 20.4 Å². The molecule has 1 heterocycles. The molecule has 9 heteroatoms. The van der Waals surface area contributed by atoms with E-state index in [9.17, 15) is 21.4 Å². The Hall–Kier alpha value is -1.09. The quantitative estimate of drug-likeness (QED) is 0.787. The van der Waals surface area contributed by atoms with Crippen molar-refractivity contribution in [2.75, 3.05) is 0 Å². The molecule has 0 fully saturated rings. The molecule has 1 aromatic rings. The van der Waals surface area contributed by atoms with Gasteiger partial charge in [-0.05, 0) is 18.5 Å². The van der Waals surface area contributed by atoms with E-state index >= 15 is 0 Å². The summed E-state index contributed by atoms with van der Waals surface area (Å²) >= 11 is 0. The molecule has 0 radical (unpaired) electrons. The highest BCUT2D eigenvalue weighted by atomic mass is 32.2. The smallest absolute Gasteiger partial charge is 0.449 e. The van der Waals surface area contributed by atoms with Gasteiger partial charge in [-0.2, -0.15) is 0 Å². The third kappa shape index (κ3) is 3.88. The summed E-state index contributed by atoms with van der Waals surface area (Å²) in [6.07, 6.45) is -0.236. The van der Waals surface area contributed by atoms with Gasteiger partial charge in [-0.3, -0.25) is 4.98 Å². The molecule has 84 valence electrons. The molecular formula is C6H7BF3N2O2S-. The summed E-state index contributed by atoms with van der Waals surface area (Å²) in [6.45, 7) is -5.03. The van der Waals surface area contributed by atoms with E-state index in [0.717, 1.165) is 18.3 Å². The summed E-state index contributed by atoms with van der Waals surface area (Å²) in [6, 6.07) is 1.87. The minimum absolute atomic E-state index is 0.353. The molecule has 0 atom stereocenters. The van der Waals surface area contributed by atoms with Crippen molar-refractivity contribution >= 4 is 17.0 Å². The Labute approximate surface area is 84.4 Å². The minimum atomic E-state index is -5.03. The van der Waals surface area contributed by atoms with E-state index in [4.69, 9.17) is 5.14 Å². The second kappa shape index (κ2) is 3.82. The van der Waals surface area contributed by atoms with Crippen molar-refractivity contribution < 1.29 is 21.4 Å². The molecule has 15 heavy (non-hydrogen) atoms. The first-order chi connectivity index (χ1) is 6.68. The number of rotatable bonds is 3. The largest absolute Gasteiger partial charge is 0.484 e. The van der Waals surface area contributed by atoms with Gasteiger partial charge in [0.2, 0.25) is 10.0 Å². The Morgan fingerprint density at radius 2 is 2.00 bits per heavy atom. The molecule has 1 rings (SSSR count). The van der Waals surface area contributed by atoms with Crippen LogP contribution in [0.15, 0.2) is 23.2 Å². The first-order valence-corrected chi connectivity index (χ1v) is 5.42. The van der Waals surface area contributed by atoms with Crippen LogP contribution in [-0.2, 0) is 16.3 Å². The van der Waals surface area contributed by atoms with Crippen molar-refractivity contribution in [1.82, 2.24) is 4.98 Å². The topological polar surface area (TPSA) is 73.1 Å². The molecular weight excluding hydrogens is 232 g/mol. The molecule has 0 aliphatic heterocycles. The van der Waals surface area contributed by atoms with Crippen LogP contribution in [0.5, 0.6) is 0 Å². The van der Waals surface area contributed by atoms with Crippen molar-refractivity contribution in [1.29, 1.82) is 0 Å². The number of nitrogens with zero attached hydrogens (tertiary/aromatic N) is 1. The number of nitrogens with two attached hydrogens (primary N) is 1. The molecule has 2 N–H and O–H groups in total. The molecule has 0 amide bonds. The molecule has 0 bridgehead atoms. The Bertz CT molecular complexity index is 460. The van der Waals surface area contributed by atoms with Gasteiger partial charge < -0.3 is 12.9 Å². The van der Waals surface area contributed by atoms with Gasteiger partial charge in [-0.15, -0.1) is 0 Å². The van der Waals surface area contributed by atoms with E-state index in [1.54, 1.807) is 0 Å². The number of halogens is 3. The molecule has 0 saturated heterocycles. The number of aromatic nitrogens is 1. The second-order valence-electron chi connectivity index (χ2n) is 2.94. The van der Waals surface area contributed by atoms with Crippen molar-refractivity contribution in [2.45, 2.75) is 11.2 Å².